The molecule has 0 saturated carbocycles. The summed E-state index contributed by atoms with van der Waals surface area (Å²) in [5.41, 5.74) is 1.70. The zero-order chi connectivity index (χ0) is 22.5. The molecule has 4 rings (SSSR count). The number of carbonyl (C=O) groups excluding carboxylic acids is 1. The molecule has 8 heteroatoms. The molecule has 0 aliphatic carbocycles. The van der Waals surface area contributed by atoms with Gasteiger partial charge < -0.3 is 24.5 Å². The van der Waals surface area contributed by atoms with Crippen LogP contribution in [0.2, 0.25) is 0 Å². The van der Waals surface area contributed by atoms with Crippen LogP contribution in [-0.4, -0.2) is 58.7 Å². The summed E-state index contributed by atoms with van der Waals surface area (Å²) in [5.74, 6) is 1.23. The molecule has 2 aromatic carbocycles. The minimum atomic E-state index is -0.818. The van der Waals surface area contributed by atoms with Crippen molar-refractivity contribution < 1.29 is 24.2 Å². The fraction of sp³-hybridized carbons (Fsp3) is 0.375. The highest BCUT2D eigenvalue weighted by Gasteiger charge is 2.33. The number of hydrogen-bond acceptors (Lipinski definition) is 5. The Hall–Kier alpha value is -3.55. The van der Waals surface area contributed by atoms with Gasteiger partial charge in [-0.05, 0) is 42.5 Å². The molecule has 32 heavy (non-hydrogen) atoms. The molecule has 1 aliphatic rings. The van der Waals surface area contributed by atoms with Gasteiger partial charge in [-0.3, -0.25) is 9.59 Å². The van der Waals surface area contributed by atoms with E-state index in [-0.39, 0.29) is 30.8 Å². The quantitative estimate of drug-likeness (QED) is 0.561. The van der Waals surface area contributed by atoms with Gasteiger partial charge in [0.05, 0.1) is 18.1 Å². The summed E-state index contributed by atoms with van der Waals surface area (Å²) in [4.78, 5) is 33.9. The predicted octanol–water partition coefficient (Wildman–Crippen LogP) is 3.13. The highest BCUT2D eigenvalue weighted by Crippen LogP contribution is 2.30. The number of piperidine rings is 1. The van der Waals surface area contributed by atoms with E-state index >= 15 is 0 Å². The van der Waals surface area contributed by atoms with Crippen LogP contribution in [0.4, 0.5) is 0 Å². The Labute approximate surface area is 186 Å². The number of carboxylic acids is 1. The maximum absolute atomic E-state index is 12.8. The van der Waals surface area contributed by atoms with Crippen LogP contribution in [0.5, 0.6) is 11.5 Å². The Bertz CT molecular complexity index is 1080. The van der Waals surface area contributed by atoms with E-state index in [0.717, 1.165) is 22.6 Å². The maximum atomic E-state index is 12.8. The number of benzene rings is 2. The SMILES string of the molecule is COc1ccc2nc(C[C@H]3CN(C(=O)COc4ccccc4)CC[C@H]3CC(=O)O)[nH]c2c1. The van der Waals surface area contributed by atoms with Gasteiger partial charge in [0, 0.05) is 32.0 Å². The van der Waals surface area contributed by atoms with Crippen molar-refractivity contribution >= 4 is 22.9 Å². The van der Waals surface area contributed by atoms with Gasteiger partial charge in [0.15, 0.2) is 6.61 Å². The molecule has 1 saturated heterocycles. The molecule has 1 aromatic heterocycles. The number of rotatable bonds is 8. The van der Waals surface area contributed by atoms with E-state index in [1.165, 1.54) is 0 Å². The second kappa shape index (κ2) is 9.72. The zero-order valence-corrected chi connectivity index (χ0v) is 18.0. The lowest BCUT2D eigenvalue weighted by molar-refractivity contribution is -0.140. The summed E-state index contributed by atoms with van der Waals surface area (Å²) < 4.78 is 10.9. The van der Waals surface area contributed by atoms with Crippen molar-refractivity contribution in [3.05, 3.63) is 54.4 Å². The first-order chi connectivity index (χ1) is 15.5. The van der Waals surface area contributed by atoms with Crippen molar-refractivity contribution in [2.24, 2.45) is 11.8 Å². The van der Waals surface area contributed by atoms with Crippen molar-refractivity contribution in [1.82, 2.24) is 14.9 Å². The Kier molecular flexibility index (Phi) is 6.58. The third kappa shape index (κ3) is 5.19. The standard InChI is InChI=1S/C24H27N3O5/c1-31-19-7-8-20-21(13-19)26-22(25-20)11-17-14-27(10-9-16(17)12-24(29)30)23(28)15-32-18-5-3-2-4-6-18/h2-8,13,16-17H,9-12,14-15H2,1H3,(H,25,26)(H,29,30)/t16-,17-/m0/s1. The molecule has 0 radical (unpaired) electrons. The van der Waals surface area contributed by atoms with Gasteiger partial charge in [-0.2, -0.15) is 0 Å². The first kappa shape index (κ1) is 21.7. The average molecular weight is 437 g/mol. The van der Waals surface area contributed by atoms with Crippen LogP contribution in [-0.2, 0) is 16.0 Å². The number of nitrogens with zero attached hydrogens (tertiary/aromatic N) is 2. The van der Waals surface area contributed by atoms with E-state index in [2.05, 4.69) is 9.97 Å². The number of para-hydroxylation sites is 1. The van der Waals surface area contributed by atoms with Gasteiger partial charge in [-0.15, -0.1) is 0 Å². The van der Waals surface area contributed by atoms with Gasteiger partial charge in [0.2, 0.25) is 0 Å². The number of likely N-dealkylation sites (tertiary alicyclic amines) is 1. The lowest BCUT2D eigenvalue weighted by Gasteiger charge is -2.38. The lowest BCUT2D eigenvalue weighted by Crippen LogP contribution is -2.46. The average Bonchev–Trinajstić information content (AvgIpc) is 3.20. The number of carboxylic acid groups (broad SMARTS) is 1. The topological polar surface area (TPSA) is 105 Å². The number of hydrogen-bond donors (Lipinski definition) is 2. The number of amides is 1. The number of carbonyl (C=O) groups is 2. The number of aromatic nitrogens is 2. The molecule has 2 N–H and O–H groups in total. The van der Waals surface area contributed by atoms with Crippen molar-refractivity contribution in [3.63, 3.8) is 0 Å². The molecule has 0 spiro atoms. The number of methoxy groups -OCH3 is 1. The van der Waals surface area contributed by atoms with Gasteiger partial charge in [-0.1, -0.05) is 18.2 Å². The largest absolute Gasteiger partial charge is 0.497 e. The summed E-state index contributed by atoms with van der Waals surface area (Å²) in [7, 11) is 1.62. The van der Waals surface area contributed by atoms with E-state index in [9.17, 15) is 14.7 Å². The Morgan fingerprint density at radius 2 is 1.97 bits per heavy atom. The summed E-state index contributed by atoms with van der Waals surface area (Å²) >= 11 is 0. The molecule has 3 aromatic rings. The smallest absolute Gasteiger partial charge is 0.303 e. The number of imidazole rings is 1. The van der Waals surface area contributed by atoms with E-state index in [1.54, 1.807) is 12.0 Å². The lowest BCUT2D eigenvalue weighted by atomic mass is 9.81. The molecule has 1 fully saturated rings. The van der Waals surface area contributed by atoms with Crippen molar-refractivity contribution in [3.8, 4) is 11.5 Å². The number of aromatic amines is 1. The van der Waals surface area contributed by atoms with Gasteiger partial charge in [-0.25, -0.2) is 4.98 Å². The molecule has 2 atom stereocenters. The number of fused-ring (bicyclic) bond motifs is 1. The van der Waals surface area contributed by atoms with Crippen LogP contribution in [0, 0.1) is 11.8 Å². The van der Waals surface area contributed by atoms with Crippen LogP contribution >= 0.6 is 0 Å². The Morgan fingerprint density at radius 3 is 2.72 bits per heavy atom. The molecule has 1 amide bonds. The van der Waals surface area contributed by atoms with Gasteiger partial charge in [0.25, 0.3) is 5.91 Å². The molecule has 2 heterocycles. The molecule has 0 bridgehead atoms. The first-order valence-electron chi connectivity index (χ1n) is 10.7. The van der Waals surface area contributed by atoms with Crippen LogP contribution < -0.4 is 9.47 Å². The summed E-state index contributed by atoms with van der Waals surface area (Å²) in [6.45, 7) is 0.975. The molecule has 0 unspecified atom stereocenters. The fourth-order valence-electron chi connectivity index (χ4n) is 4.30. The zero-order valence-electron chi connectivity index (χ0n) is 18.0. The third-order valence-corrected chi connectivity index (χ3v) is 5.98. The predicted molar refractivity (Wildman–Crippen MR) is 119 cm³/mol. The number of nitrogens with one attached hydrogen (secondary N) is 1. The van der Waals surface area contributed by atoms with E-state index in [0.29, 0.717) is 31.7 Å². The minimum absolute atomic E-state index is 0.0111. The molecule has 8 nitrogen and oxygen atoms in total. The highest BCUT2D eigenvalue weighted by atomic mass is 16.5. The molecular weight excluding hydrogens is 410 g/mol. The molecule has 1 aliphatic heterocycles. The van der Waals surface area contributed by atoms with E-state index in [1.807, 2.05) is 48.5 Å². The van der Waals surface area contributed by atoms with Crippen LogP contribution in [0.25, 0.3) is 11.0 Å². The second-order valence-corrected chi connectivity index (χ2v) is 8.12. The normalized spacial score (nSPS) is 18.5. The maximum Gasteiger partial charge on any atom is 0.303 e. The minimum Gasteiger partial charge on any atom is -0.497 e. The molecule has 168 valence electrons. The van der Waals surface area contributed by atoms with Crippen molar-refractivity contribution in [1.29, 1.82) is 0 Å². The Morgan fingerprint density at radius 1 is 1.16 bits per heavy atom. The van der Waals surface area contributed by atoms with E-state index in [4.69, 9.17) is 9.47 Å². The summed E-state index contributed by atoms with van der Waals surface area (Å²) in [6.07, 6.45) is 1.29. The highest BCUT2D eigenvalue weighted by molar-refractivity contribution is 5.78. The fourth-order valence-corrected chi connectivity index (χ4v) is 4.30. The van der Waals surface area contributed by atoms with Gasteiger partial charge in [0.1, 0.15) is 17.3 Å². The third-order valence-electron chi connectivity index (χ3n) is 5.98. The number of ether oxygens (including phenoxy) is 2. The summed E-state index contributed by atoms with van der Waals surface area (Å²) in [5, 5.41) is 9.37. The second-order valence-electron chi connectivity index (χ2n) is 8.12. The van der Waals surface area contributed by atoms with Crippen LogP contribution in [0.3, 0.4) is 0 Å². The van der Waals surface area contributed by atoms with Crippen LogP contribution in [0.1, 0.15) is 18.7 Å². The van der Waals surface area contributed by atoms with Crippen molar-refractivity contribution in [2.45, 2.75) is 19.3 Å². The van der Waals surface area contributed by atoms with E-state index < -0.39 is 5.97 Å². The van der Waals surface area contributed by atoms with Gasteiger partial charge >= 0.3 is 5.97 Å². The molecular formula is C24H27N3O5. The number of aliphatic carboxylic acids is 1. The monoisotopic (exact) mass is 437 g/mol. The van der Waals surface area contributed by atoms with Crippen LogP contribution in [0.15, 0.2) is 48.5 Å². The summed E-state index contributed by atoms with van der Waals surface area (Å²) in [6, 6.07) is 14.9. The van der Waals surface area contributed by atoms with Crippen molar-refractivity contribution in [2.75, 3.05) is 26.8 Å². The first-order valence-corrected chi connectivity index (χ1v) is 10.7. The number of H-pyrrole nitrogens is 1. The Balaban J connectivity index is 1.45.